The number of rotatable bonds is 8. The van der Waals surface area contributed by atoms with E-state index in [4.69, 9.17) is 14.2 Å². The molecule has 6 heteroatoms. The van der Waals surface area contributed by atoms with Crippen LogP contribution in [0, 0.1) is 5.82 Å². The first-order valence-electron chi connectivity index (χ1n) is 9.20. The molecule has 0 spiro atoms. The molecule has 0 N–H and O–H groups in total. The third-order valence-electron chi connectivity index (χ3n) is 4.18. The standard InChI is InChI=1S/C23H21F3O3/c1-3-5-12-28-20-9-6-16-15-22(21(24)14-17(16)13-20)29-23(25,26)18-7-10-19(11-8-18)27-4-2/h3,5-11,13-15H,4,12H2,1-2H3/b5-3+. The van der Waals surface area contributed by atoms with Gasteiger partial charge in [0.25, 0.3) is 0 Å². The van der Waals surface area contributed by atoms with Crippen LogP contribution in [0.5, 0.6) is 17.2 Å². The molecule has 0 radical (unpaired) electrons. The maximum absolute atomic E-state index is 14.5. The largest absolute Gasteiger partial charge is 0.494 e. The average Bonchev–Trinajstić information content (AvgIpc) is 2.69. The molecule has 3 aromatic rings. The summed E-state index contributed by atoms with van der Waals surface area (Å²) in [6, 6.07) is 12.6. The number of alkyl halides is 2. The Morgan fingerprint density at radius 2 is 1.62 bits per heavy atom. The lowest BCUT2D eigenvalue weighted by Crippen LogP contribution is -2.22. The summed E-state index contributed by atoms with van der Waals surface area (Å²) in [5.41, 5.74) is -0.395. The van der Waals surface area contributed by atoms with Gasteiger partial charge in [-0.2, -0.15) is 8.78 Å². The quantitative estimate of drug-likeness (QED) is 0.405. The van der Waals surface area contributed by atoms with Gasteiger partial charge in [0.15, 0.2) is 11.6 Å². The van der Waals surface area contributed by atoms with E-state index in [1.807, 2.05) is 19.1 Å². The summed E-state index contributed by atoms with van der Waals surface area (Å²) in [5, 5.41) is 1.08. The number of hydrogen-bond donors (Lipinski definition) is 0. The maximum atomic E-state index is 14.5. The molecule has 3 rings (SSSR count). The molecule has 0 aliphatic rings. The van der Waals surface area contributed by atoms with Crippen LogP contribution in [0.25, 0.3) is 10.8 Å². The van der Waals surface area contributed by atoms with E-state index in [2.05, 4.69) is 0 Å². The topological polar surface area (TPSA) is 27.7 Å². The van der Waals surface area contributed by atoms with Gasteiger partial charge in [0.05, 0.1) is 12.2 Å². The average molecular weight is 402 g/mol. The minimum Gasteiger partial charge on any atom is -0.494 e. The Morgan fingerprint density at radius 3 is 2.31 bits per heavy atom. The van der Waals surface area contributed by atoms with Crippen molar-refractivity contribution < 1.29 is 27.4 Å². The molecule has 0 aliphatic heterocycles. The first-order valence-corrected chi connectivity index (χ1v) is 9.20. The van der Waals surface area contributed by atoms with Crippen molar-refractivity contribution >= 4 is 10.8 Å². The van der Waals surface area contributed by atoms with Crippen molar-refractivity contribution in [3.63, 3.8) is 0 Å². The summed E-state index contributed by atoms with van der Waals surface area (Å²) in [6.45, 7) is 4.49. The van der Waals surface area contributed by atoms with Crippen LogP contribution in [0.2, 0.25) is 0 Å². The number of hydrogen-bond acceptors (Lipinski definition) is 3. The van der Waals surface area contributed by atoms with Gasteiger partial charge in [-0.1, -0.05) is 18.2 Å². The van der Waals surface area contributed by atoms with Crippen LogP contribution < -0.4 is 14.2 Å². The van der Waals surface area contributed by atoms with Crippen LogP contribution in [0.4, 0.5) is 13.2 Å². The summed E-state index contributed by atoms with van der Waals surface area (Å²) in [5.74, 6) is -0.382. The molecule has 3 aromatic carbocycles. The Morgan fingerprint density at radius 1 is 0.897 bits per heavy atom. The van der Waals surface area contributed by atoms with E-state index in [0.717, 1.165) is 6.07 Å². The zero-order valence-electron chi connectivity index (χ0n) is 16.1. The molecule has 0 aromatic heterocycles. The van der Waals surface area contributed by atoms with Gasteiger partial charge in [0, 0.05) is 0 Å². The van der Waals surface area contributed by atoms with E-state index >= 15 is 0 Å². The smallest absolute Gasteiger partial charge is 0.426 e. The lowest BCUT2D eigenvalue weighted by molar-refractivity contribution is -0.186. The van der Waals surface area contributed by atoms with Gasteiger partial charge in [-0.05, 0) is 73.2 Å². The number of fused-ring (bicyclic) bond motifs is 1. The van der Waals surface area contributed by atoms with Gasteiger partial charge < -0.3 is 14.2 Å². The van der Waals surface area contributed by atoms with Gasteiger partial charge in [-0.25, -0.2) is 4.39 Å². The molecule has 0 aliphatic carbocycles. The predicted molar refractivity (Wildman–Crippen MR) is 106 cm³/mol. The fourth-order valence-corrected chi connectivity index (χ4v) is 2.74. The highest BCUT2D eigenvalue weighted by molar-refractivity contribution is 5.85. The summed E-state index contributed by atoms with van der Waals surface area (Å²) >= 11 is 0. The van der Waals surface area contributed by atoms with Crippen molar-refractivity contribution in [1.82, 2.24) is 0 Å². The van der Waals surface area contributed by atoms with E-state index in [0.29, 0.717) is 35.5 Å². The van der Waals surface area contributed by atoms with Crippen molar-refractivity contribution in [2.75, 3.05) is 13.2 Å². The normalized spacial score (nSPS) is 11.8. The molecular formula is C23H21F3O3. The highest BCUT2D eigenvalue weighted by atomic mass is 19.3. The van der Waals surface area contributed by atoms with E-state index in [9.17, 15) is 13.2 Å². The second-order valence-electron chi connectivity index (χ2n) is 6.25. The van der Waals surface area contributed by atoms with Crippen molar-refractivity contribution in [2.24, 2.45) is 0 Å². The monoisotopic (exact) mass is 402 g/mol. The van der Waals surface area contributed by atoms with E-state index < -0.39 is 23.2 Å². The maximum Gasteiger partial charge on any atom is 0.426 e. The van der Waals surface area contributed by atoms with Crippen LogP contribution in [-0.2, 0) is 6.11 Å². The fraction of sp³-hybridized carbons (Fsp3) is 0.217. The number of allylic oxidation sites excluding steroid dienone is 1. The minimum atomic E-state index is -3.70. The van der Waals surface area contributed by atoms with E-state index in [1.165, 1.54) is 30.3 Å². The number of ether oxygens (including phenoxy) is 3. The van der Waals surface area contributed by atoms with Gasteiger partial charge >= 0.3 is 6.11 Å². The van der Waals surface area contributed by atoms with Crippen LogP contribution in [0.15, 0.2) is 66.7 Å². The lowest BCUT2D eigenvalue weighted by atomic mass is 10.1. The molecule has 3 nitrogen and oxygen atoms in total. The molecule has 0 heterocycles. The Kier molecular flexibility index (Phi) is 6.32. The minimum absolute atomic E-state index is 0.389. The molecule has 0 bridgehead atoms. The number of benzene rings is 3. The molecule has 0 saturated carbocycles. The van der Waals surface area contributed by atoms with Crippen LogP contribution in [0.1, 0.15) is 19.4 Å². The van der Waals surface area contributed by atoms with Crippen LogP contribution >= 0.6 is 0 Å². The molecule has 0 saturated heterocycles. The van der Waals surface area contributed by atoms with Crippen molar-refractivity contribution in [3.8, 4) is 17.2 Å². The van der Waals surface area contributed by atoms with Crippen molar-refractivity contribution in [1.29, 1.82) is 0 Å². The first-order chi connectivity index (χ1) is 13.9. The van der Waals surface area contributed by atoms with E-state index in [1.54, 1.807) is 25.1 Å². The van der Waals surface area contributed by atoms with Crippen LogP contribution in [0.3, 0.4) is 0 Å². The molecular weight excluding hydrogens is 381 g/mol. The lowest BCUT2D eigenvalue weighted by Gasteiger charge is -2.19. The predicted octanol–water partition coefficient (Wildman–Crippen LogP) is 6.46. The number of halogens is 3. The second kappa shape index (κ2) is 8.90. The Hall–Kier alpha value is -3.15. The Balaban J connectivity index is 1.83. The first kappa shape index (κ1) is 20.6. The highest BCUT2D eigenvalue weighted by Gasteiger charge is 2.35. The summed E-state index contributed by atoms with van der Waals surface area (Å²) in [7, 11) is 0. The third-order valence-corrected chi connectivity index (χ3v) is 4.18. The SMILES string of the molecule is C/C=C/COc1ccc2cc(OC(F)(F)c3ccc(OCC)cc3)c(F)cc2c1. The van der Waals surface area contributed by atoms with E-state index in [-0.39, 0.29) is 0 Å². The molecule has 0 unspecified atom stereocenters. The molecule has 0 atom stereocenters. The Labute approximate surface area is 167 Å². The third kappa shape index (κ3) is 5.02. The van der Waals surface area contributed by atoms with Gasteiger partial charge in [-0.3, -0.25) is 0 Å². The zero-order valence-corrected chi connectivity index (χ0v) is 16.1. The zero-order chi connectivity index (χ0) is 20.9. The van der Waals surface area contributed by atoms with Crippen molar-refractivity contribution in [3.05, 3.63) is 78.1 Å². The van der Waals surface area contributed by atoms with Crippen molar-refractivity contribution in [2.45, 2.75) is 20.0 Å². The van der Waals surface area contributed by atoms with Gasteiger partial charge in [-0.15, -0.1) is 0 Å². The Bertz CT molecular complexity index is 998. The summed E-state index contributed by atoms with van der Waals surface area (Å²) < 4.78 is 59.0. The summed E-state index contributed by atoms with van der Waals surface area (Å²) in [6.07, 6.45) is -0.00556. The second-order valence-corrected chi connectivity index (χ2v) is 6.25. The van der Waals surface area contributed by atoms with Crippen LogP contribution in [-0.4, -0.2) is 13.2 Å². The fourth-order valence-electron chi connectivity index (χ4n) is 2.74. The highest BCUT2D eigenvalue weighted by Crippen LogP contribution is 2.36. The van der Waals surface area contributed by atoms with Gasteiger partial charge in [0.1, 0.15) is 18.1 Å². The summed E-state index contributed by atoms with van der Waals surface area (Å²) in [4.78, 5) is 0. The van der Waals surface area contributed by atoms with Gasteiger partial charge in [0.2, 0.25) is 0 Å². The molecule has 29 heavy (non-hydrogen) atoms. The molecule has 152 valence electrons. The molecule has 0 amide bonds. The molecule has 0 fully saturated rings.